The van der Waals surface area contributed by atoms with Gasteiger partial charge in [0.2, 0.25) is 0 Å². The Morgan fingerprint density at radius 1 is 1.00 bits per heavy atom. The molecule has 0 saturated carbocycles. The highest BCUT2D eigenvalue weighted by Crippen LogP contribution is 2.38. The standard InChI is InChI=1S/C18H14F2N2O2S/c19-11-5-6-13(12(20)10-11)22-17(23)15(14-4-3-9-25-14)16(18(22)24)21-7-1-2-8-21/h3-6,9-10H,1-2,7-8H2. The summed E-state index contributed by atoms with van der Waals surface area (Å²) in [6.45, 7) is 1.37. The van der Waals surface area contributed by atoms with Crippen molar-refractivity contribution in [1.29, 1.82) is 0 Å². The monoisotopic (exact) mass is 360 g/mol. The third-order valence-corrected chi connectivity index (χ3v) is 5.29. The molecule has 1 aromatic heterocycles. The minimum absolute atomic E-state index is 0.223. The van der Waals surface area contributed by atoms with Crippen LogP contribution in [0.3, 0.4) is 0 Å². The molecule has 0 N–H and O–H groups in total. The lowest BCUT2D eigenvalue weighted by atomic mass is 10.2. The Bertz CT molecular complexity index is 886. The molecule has 7 heteroatoms. The van der Waals surface area contributed by atoms with Crippen molar-refractivity contribution in [1.82, 2.24) is 4.90 Å². The Kier molecular flexibility index (Phi) is 3.88. The van der Waals surface area contributed by atoms with Gasteiger partial charge in [0.05, 0.1) is 11.3 Å². The molecule has 1 fully saturated rings. The van der Waals surface area contributed by atoms with Gasteiger partial charge in [0, 0.05) is 24.0 Å². The van der Waals surface area contributed by atoms with Gasteiger partial charge in [-0.1, -0.05) is 6.07 Å². The number of hydrogen-bond acceptors (Lipinski definition) is 4. The summed E-state index contributed by atoms with van der Waals surface area (Å²) in [7, 11) is 0. The smallest absolute Gasteiger partial charge is 0.282 e. The first-order valence-corrected chi connectivity index (χ1v) is 8.83. The molecule has 2 aromatic rings. The summed E-state index contributed by atoms with van der Waals surface area (Å²) < 4.78 is 27.4. The van der Waals surface area contributed by atoms with Crippen molar-refractivity contribution in [2.45, 2.75) is 12.8 Å². The zero-order chi connectivity index (χ0) is 17.6. The molecule has 2 amide bonds. The van der Waals surface area contributed by atoms with E-state index in [9.17, 15) is 18.4 Å². The third-order valence-electron chi connectivity index (χ3n) is 4.40. The number of rotatable bonds is 3. The van der Waals surface area contributed by atoms with Gasteiger partial charge in [-0.2, -0.15) is 0 Å². The van der Waals surface area contributed by atoms with E-state index in [1.54, 1.807) is 12.1 Å². The second-order valence-electron chi connectivity index (χ2n) is 5.94. The summed E-state index contributed by atoms with van der Waals surface area (Å²) in [6.07, 6.45) is 1.88. The fourth-order valence-corrected chi connectivity index (χ4v) is 4.04. The quantitative estimate of drug-likeness (QED) is 0.788. The van der Waals surface area contributed by atoms with E-state index in [-0.39, 0.29) is 5.69 Å². The van der Waals surface area contributed by atoms with E-state index in [0.717, 1.165) is 29.9 Å². The number of likely N-dealkylation sites (tertiary alicyclic amines) is 1. The average Bonchev–Trinajstić information content (AvgIpc) is 3.30. The number of carbonyl (C=O) groups is 2. The van der Waals surface area contributed by atoms with Crippen LogP contribution in [-0.4, -0.2) is 29.8 Å². The second kappa shape index (κ2) is 6.07. The molecule has 4 rings (SSSR count). The molecule has 0 atom stereocenters. The number of halogens is 2. The van der Waals surface area contributed by atoms with Gasteiger partial charge in [-0.25, -0.2) is 13.7 Å². The second-order valence-corrected chi connectivity index (χ2v) is 6.88. The maximum absolute atomic E-state index is 14.2. The predicted octanol–water partition coefficient (Wildman–Crippen LogP) is 3.41. The minimum Gasteiger partial charge on any atom is -0.366 e. The van der Waals surface area contributed by atoms with Crippen molar-refractivity contribution in [3.63, 3.8) is 0 Å². The summed E-state index contributed by atoms with van der Waals surface area (Å²) in [5, 5.41) is 1.82. The van der Waals surface area contributed by atoms with Crippen molar-refractivity contribution in [3.8, 4) is 0 Å². The molecule has 4 nitrogen and oxygen atoms in total. The molecule has 2 aliphatic rings. The van der Waals surface area contributed by atoms with Crippen molar-refractivity contribution >= 4 is 34.4 Å². The largest absolute Gasteiger partial charge is 0.366 e. The van der Waals surface area contributed by atoms with Crippen LogP contribution in [0.5, 0.6) is 0 Å². The molecule has 0 bridgehead atoms. The Morgan fingerprint density at radius 2 is 1.76 bits per heavy atom. The van der Waals surface area contributed by atoms with Crippen molar-refractivity contribution in [2.75, 3.05) is 18.0 Å². The molecule has 3 heterocycles. The highest BCUT2D eigenvalue weighted by molar-refractivity contribution is 7.11. The van der Waals surface area contributed by atoms with Gasteiger partial charge in [0.1, 0.15) is 17.3 Å². The topological polar surface area (TPSA) is 40.6 Å². The number of thiophene rings is 1. The van der Waals surface area contributed by atoms with Crippen molar-refractivity contribution in [2.24, 2.45) is 0 Å². The van der Waals surface area contributed by atoms with E-state index >= 15 is 0 Å². The average molecular weight is 360 g/mol. The van der Waals surface area contributed by atoms with Gasteiger partial charge in [0.15, 0.2) is 0 Å². The highest BCUT2D eigenvalue weighted by Gasteiger charge is 2.44. The zero-order valence-corrected chi connectivity index (χ0v) is 14.0. The van der Waals surface area contributed by atoms with Gasteiger partial charge in [-0.3, -0.25) is 9.59 Å². The molecule has 0 unspecified atom stereocenters. The fraction of sp³-hybridized carbons (Fsp3) is 0.222. The SMILES string of the molecule is O=C1C(c2cccs2)=C(N2CCCC2)C(=O)N1c1ccc(F)cc1F. The van der Waals surface area contributed by atoms with Crippen LogP contribution in [0, 0.1) is 11.6 Å². The maximum atomic E-state index is 14.2. The Hall–Kier alpha value is -2.54. The Balaban J connectivity index is 1.84. The number of benzene rings is 1. The molecule has 2 aliphatic heterocycles. The van der Waals surface area contributed by atoms with Crippen LogP contribution < -0.4 is 4.90 Å². The number of amides is 2. The van der Waals surface area contributed by atoms with E-state index in [1.165, 1.54) is 11.3 Å². The van der Waals surface area contributed by atoms with Crippen molar-refractivity contribution < 1.29 is 18.4 Å². The van der Waals surface area contributed by atoms with Crippen LogP contribution in [0.15, 0.2) is 41.4 Å². The molecular weight excluding hydrogens is 346 g/mol. The minimum atomic E-state index is -0.935. The normalized spacial score (nSPS) is 18.0. The van der Waals surface area contributed by atoms with E-state index in [0.29, 0.717) is 35.3 Å². The molecule has 1 aromatic carbocycles. The van der Waals surface area contributed by atoms with Crippen LogP contribution >= 0.6 is 11.3 Å². The Morgan fingerprint density at radius 3 is 2.40 bits per heavy atom. The Labute approximate surface area is 147 Å². The predicted molar refractivity (Wildman–Crippen MR) is 90.9 cm³/mol. The third kappa shape index (κ3) is 2.55. The van der Waals surface area contributed by atoms with Crippen LogP contribution in [-0.2, 0) is 9.59 Å². The molecule has 0 spiro atoms. The molecule has 1 saturated heterocycles. The number of nitrogens with zero attached hydrogens (tertiary/aromatic N) is 2. The van der Waals surface area contributed by atoms with E-state index in [2.05, 4.69) is 0 Å². The van der Waals surface area contributed by atoms with Crippen LogP contribution in [0.2, 0.25) is 0 Å². The lowest BCUT2D eigenvalue weighted by molar-refractivity contribution is -0.120. The van der Waals surface area contributed by atoms with E-state index in [1.807, 2.05) is 10.3 Å². The number of imide groups is 1. The van der Waals surface area contributed by atoms with Crippen LogP contribution in [0.25, 0.3) is 5.57 Å². The van der Waals surface area contributed by atoms with Gasteiger partial charge < -0.3 is 4.90 Å². The van der Waals surface area contributed by atoms with Gasteiger partial charge in [-0.15, -0.1) is 11.3 Å². The summed E-state index contributed by atoms with van der Waals surface area (Å²) in [4.78, 5) is 29.4. The number of anilines is 1. The van der Waals surface area contributed by atoms with Crippen molar-refractivity contribution in [3.05, 3.63) is 57.9 Å². The molecule has 128 valence electrons. The van der Waals surface area contributed by atoms with Gasteiger partial charge in [0.25, 0.3) is 11.8 Å². The molecule has 0 radical (unpaired) electrons. The summed E-state index contributed by atoms with van der Waals surface area (Å²) in [6, 6.07) is 6.41. The van der Waals surface area contributed by atoms with Gasteiger partial charge >= 0.3 is 0 Å². The summed E-state index contributed by atoms with van der Waals surface area (Å²) in [5.41, 5.74) is 0.388. The van der Waals surface area contributed by atoms with Crippen LogP contribution in [0.4, 0.5) is 14.5 Å². The van der Waals surface area contributed by atoms with E-state index < -0.39 is 23.4 Å². The summed E-state index contributed by atoms with van der Waals surface area (Å²) in [5.74, 6) is -2.82. The number of hydrogen-bond donors (Lipinski definition) is 0. The van der Waals surface area contributed by atoms with E-state index in [4.69, 9.17) is 0 Å². The first-order valence-electron chi connectivity index (χ1n) is 7.95. The molecule has 0 aliphatic carbocycles. The molecular formula is C18H14F2N2O2S. The molecule has 25 heavy (non-hydrogen) atoms. The maximum Gasteiger partial charge on any atom is 0.282 e. The first-order chi connectivity index (χ1) is 12.1. The number of carbonyl (C=O) groups excluding carboxylic acids is 2. The zero-order valence-electron chi connectivity index (χ0n) is 13.2. The summed E-state index contributed by atoms with van der Waals surface area (Å²) >= 11 is 1.35. The van der Waals surface area contributed by atoms with Crippen LogP contribution in [0.1, 0.15) is 17.7 Å². The lowest BCUT2D eigenvalue weighted by Crippen LogP contribution is -2.35. The van der Waals surface area contributed by atoms with Gasteiger partial charge in [-0.05, 0) is 36.4 Å². The first kappa shape index (κ1) is 16.0. The lowest BCUT2D eigenvalue weighted by Gasteiger charge is -2.20. The fourth-order valence-electron chi connectivity index (χ4n) is 3.28. The highest BCUT2D eigenvalue weighted by atomic mass is 32.1.